The zero-order valence-electron chi connectivity index (χ0n) is 16.7. The number of benzene rings is 1. The van der Waals surface area contributed by atoms with Gasteiger partial charge < -0.3 is 24.8 Å². The summed E-state index contributed by atoms with van der Waals surface area (Å²) in [5.41, 5.74) is 2.26. The van der Waals surface area contributed by atoms with E-state index in [9.17, 15) is 9.59 Å². The lowest BCUT2D eigenvalue weighted by molar-refractivity contribution is -0.138. The lowest BCUT2D eigenvalue weighted by Crippen LogP contribution is -2.46. The molecule has 1 aromatic rings. The minimum atomic E-state index is -0.388. The highest BCUT2D eigenvalue weighted by atomic mass is 16.5. The molecule has 8 heteroatoms. The minimum Gasteiger partial charge on any atom is -0.490 e. The van der Waals surface area contributed by atoms with E-state index in [0.29, 0.717) is 37.6 Å². The van der Waals surface area contributed by atoms with E-state index in [2.05, 4.69) is 27.7 Å². The average Bonchev–Trinajstić information content (AvgIpc) is 3.03. The van der Waals surface area contributed by atoms with Crippen LogP contribution in [0.4, 0.5) is 4.79 Å². The van der Waals surface area contributed by atoms with Gasteiger partial charge in [-0.15, -0.1) is 0 Å². The fourth-order valence-electron chi connectivity index (χ4n) is 4.06. The van der Waals surface area contributed by atoms with Crippen LogP contribution in [0, 0.1) is 0 Å². The summed E-state index contributed by atoms with van der Waals surface area (Å²) < 4.78 is 16.7. The van der Waals surface area contributed by atoms with Crippen molar-refractivity contribution >= 4 is 12.0 Å². The molecular formula is C21H27N3O5. The Balaban J connectivity index is 1.55. The lowest BCUT2D eigenvalue weighted by Gasteiger charge is -2.29. The van der Waals surface area contributed by atoms with Gasteiger partial charge >= 0.3 is 12.0 Å². The molecule has 8 nitrogen and oxygen atoms in total. The fourth-order valence-corrected chi connectivity index (χ4v) is 4.06. The first-order chi connectivity index (χ1) is 14.2. The van der Waals surface area contributed by atoms with Crippen LogP contribution in [0.3, 0.4) is 0 Å². The number of urea groups is 1. The Morgan fingerprint density at radius 2 is 2.07 bits per heavy atom. The molecule has 3 aliphatic heterocycles. The molecule has 0 spiro atoms. The summed E-state index contributed by atoms with van der Waals surface area (Å²) in [5, 5.41) is 5.46. The smallest absolute Gasteiger partial charge is 0.337 e. The average molecular weight is 401 g/mol. The first-order valence-electron chi connectivity index (χ1n) is 10.2. The van der Waals surface area contributed by atoms with E-state index in [1.54, 1.807) is 6.92 Å². The molecule has 0 saturated carbocycles. The third-order valence-electron chi connectivity index (χ3n) is 5.46. The highest BCUT2D eigenvalue weighted by Crippen LogP contribution is 2.38. The molecule has 0 radical (unpaired) electrons. The Labute approximate surface area is 170 Å². The highest BCUT2D eigenvalue weighted by molar-refractivity contribution is 5.93. The molecule has 1 fully saturated rings. The monoisotopic (exact) mass is 401 g/mol. The second-order valence-electron chi connectivity index (χ2n) is 7.37. The predicted molar refractivity (Wildman–Crippen MR) is 106 cm³/mol. The number of nitrogens with zero attached hydrogens (tertiary/aromatic N) is 1. The van der Waals surface area contributed by atoms with E-state index in [4.69, 9.17) is 14.2 Å². The molecule has 29 heavy (non-hydrogen) atoms. The van der Waals surface area contributed by atoms with Gasteiger partial charge in [0, 0.05) is 24.7 Å². The maximum atomic E-state index is 12.3. The molecule has 0 unspecified atom stereocenters. The predicted octanol–water partition coefficient (Wildman–Crippen LogP) is 2.11. The molecule has 4 rings (SSSR count). The largest absolute Gasteiger partial charge is 0.490 e. The molecule has 0 aromatic heterocycles. The Hall–Kier alpha value is -2.74. The summed E-state index contributed by atoms with van der Waals surface area (Å²) in [6, 6.07) is 6.01. The van der Waals surface area contributed by atoms with Crippen LogP contribution in [0.5, 0.6) is 11.5 Å². The van der Waals surface area contributed by atoms with Crippen LogP contribution < -0.4 is 20.1 Å². The van der Waals surface area contributed by atoms with Crippen molar-refractivity contribution in [3.63, 3.8) is 0 Å². The van der Waals surface area contributed by atoms with Crippen LogP contribution in [0.1, 0.15) is 37.8 Å². The van der Waals surface area contributed by atoms with Crippen LogP contribution in [0.15, 0.2) is 29.5 Å². The second kappa shape index (κ2) is 8.73. The number of nitrogens with one attached hydrogen (secondary N) is 2. The first kappa shape index (κ1) is 19.6. The van der Waals surface area contributed by atoms with Gasteiger partial charge in [-0.1, -0.05) is 6.07 Å². The second-order valence-corrected chi connectivity index (χ2v) is 7.37. The number of amides is 2. The van der Waals surface area contributed by atoms with E-state index >= 15 is 0 Å². The van der Waals surface area contributed by atoms with Crippen molar-refractivity contribution in [2.24, 2.45) is 0 Å². The number of fused-ring (bicyclic) bond motifs is 1. The topological polar surface area (TPSA) is 89.1 Å². The molecule has 2 amide bonds. The van der Waals surface area contributed by atoms with E-state index < -0.39 is 0 Å². The molecule has 1 saturated heterocycles. The van der Waals surface area contributed by atoms with Crippen molar-refractivity contribution in [3.05, 3.63) is 35.0 Å². The number of esters is 1. The molecule has 0 aliphatic carbocycles. The summed E-state index contributed by atoms with van der Waals surface area (Å²) in [5.74, 6) is 1.18. The number of rotatable bonds is 5. The maximum Gasteiger partial charge on any atom is 0.337 e. The minimum absolute atomic E-state index is 0.183. The third-order valence-corrected chi connectivity index (χ3v) is 5.46. The van der Waals surface area contributed by atoms with Crippen LogP contribution >= 0.6 is 0 Å². The molecule has 3 heterocycles. The van der Waals surface area contributed by atoms with Gasteiger partial charge in [-0.2, -0.15) is 0 Å². The van der Waals surface area contributed by atoms with Gasteiger partial charge in [0.25, 0.3) is 0 Å². The highest BCUT2D eigenvalue weighted by Gasteiger charge is 2.31. The normalized spacial score (nSPS) is 22.0. The summed E-state index contributed by atoms with van der Waals surface area (Å²) >= 11 is 0. The number of hydrogen-bond donors (Lipinski definition) is 2. The maximum absolute atomic E-state index is 12.3. The van der Waals surface area contributed by atoms with Crippen molar-refractivity contribution in [1.82, 2.24) is 15.5 Å². The Kier molecular flexibility index (Phi) is 5.89. The number of carbonyl (C=O) groups is 2. The summed E-state index contributed by atoms with van der Waals surface area (Å²) in [7, 11) is 0. The zero-order chi connectivity index (χ0) is 20.2. The number of hydrogen-bond acceptors (Lipinski definition) is 6. The Morgan fingerprint density at radius 3 is 2.90 bits per heavy atom. The van der Waals surface area contributed by atoms with Crippen molar-refractivity contribution in [3.8, 4) is 11.5 Å². The molecular weight excluding hydrogens is 374 g/mol. The molecule has 156 valence electrons. The van der Waals surface area contributed by atoms with E-state index in [1.807, 2.05) is 6.07 Å². The third kappa shape index (κ3) is 4.32. The molecule has 0 bridgehead atoms. The molecule has 1 atom stereocenters. The Bertz CT molecular complexity index is 823. The zero-order valence-corrected chi connectivity index (χ0v) is 16.7. The van der Waals surface area contributed by atoms with Crippen molar-refractivity contribution in [2.45, 2.75) is 32.2 Å². The summed E-state index contributed by atoms with van der Waals surface area (Å²) in [6.45, 7) is 4.95. The van der Waals surface area contributed by atoms with Crippen molar-refractivity contribution in [2.75, 3.05) is 39.5 Å². The van der Waals surface area contributed by atoms with Crippen molar-refractivity contribution in [1.29, 1.82) is 0 Å². The van der Waals surface area contributed by atoms with Crippen LogP contribution in [0.2, 0.25) is 0 Å². The van der Waals surface area contributed by atoms with Gasteiger partial charge in [-0.25, -0.2) is 9.59 Å². The number of carbonyl (C=O) groups excluding carboxylic acids is 2. The van der Waals surface area contributed by atoms with Gasteiger partial charge in [-0.05, 0) is 44.0 Å². The Morgan fingerprint density at radius 1 is 1.24 bits per heavy atom. The van der Waals surface area contributed by atoms with Gasteiger partial charge in [0.05, 0.1) is 31.9 Å². The van der Waals surface area contributed by atoms with Crippen LogP contribution in [-0.2, 0) is 9.53 Å². The molecule has 1 aromatic carbocycles. The van der Waals surface area contributed by atoms with Gasteiger partial charge in [0.1, 0.15) is 0 Å². The van der Waals surface area contributed by atoms with E-state index in [0.717, 1.165) is 42.9 Å². The van der Waals surface area contributed by atoms with Gasteiger partial charge in [0.15, 0.2) is 11.5 Å². The van der Waals surface area contributed by atoms with E-state index in [-0.39, 0.29) is 24.6 Å². The molecule has 3 aliphatic rings. The van der Waals surface area contributed by atoms with Crippen molar-refractivity contribution < 1.29 is 23.8 Å². The number of ether oxygens (including phenoxy) is 3. The SMILES string of the molecule is CCOC(=O)C1=C(CN2CCC[C@H]2c2ccc3c(c2)OCCCO3)NC(=O)NC1. The van der Waals surface area contributed by atoms with Gasteiger partial charge in [-0.3, -0.25) is 4.90 Å². The summed E-state index contributed by atoms with van der Waals surface area (Å²) in [6.07, 6.45) is 2.93. The number of likely N-dealkylation sites (tertiary alicyclic amines) is 1. The van der Waals surface area contributed by atoms with Crippen LogP contribution in [0.25, 0.3) is 0 Å². The first-order valence-corrected chi connectivity index (χ1v) is 10.2. The fraction of sp³-hybridized carbons (Fsp3) is 0.524. The lowest BCUT2D eigenvalue weighted by atomic mass is 10.0. The van der Waals surface area contributed by atoms with Gasteiger partial charge in [0.2, 0.25) is 0 Å². The van der Waals surface area contributed by atoms with Crippen LogP contribution in [-0.4, -0.2) is 56.4 Å². The quantitative estimate of drug-likeness (QED) is 0.735. The standard InChI is InChI=1S/C21H27N3O5/c1-2-27-20(25)15-12-22-21(26)23-16(15)13-24-8-3-5-17(24)14-6-7-18-19(11-14)29-10-4-9-28-18/h6-7,11,17H,2-5,8-10,12-13H2,1H3,(H2,22,23,26)/t17-/m0/s1. The molecule has 2 N–H and O–H groups in total. The summed E-state index contributed by atoms with van der Waals surface area (Å²) in [4.78, 5) is 26.5. The van der Waals surface area contributed by atoms with E-state index in [1.165, 1.54) is 0 Å².